The molecule has 156 valence electrons. The SMILES string of the molecule is Cc1nc(Cc2nnc(SCC(=O)c3ccc(NC(=O)c4ccccc4)cc3)o2)cs1. The third kappa shape index (κ3) is 5.65. The van der Waals surface area contributed by atoms with E-state index >= 15 is 0 Å². The minimum Gasteiger partial charge on any atom is -0.416 e. The normalized spacial score (nSPS) is 10.7. The molecule has 9 heteroatoms. The first-order valence-corrected chi connectivity index (χ1v) is 11.3. The van der Waals surface area contributed by atoms with Gasteiger partial charge in [0, 0.05) is 22.2 Å². The Kier molecular flexibility index (Phi) is 6.54. The van der Waals surface area contributed by atoms with Crippen molar-refractivity contribution < 1.29 is 14.0 Å². The van der Waals surface area contributed by atoms with E-state index in [4.69, 9.17) is 4.42 Å². The van der Waals surface area contributed by atoms with Crippen molar-refractivity contribution in [3.63, 3.8) is 0 Å². The molecular formula is C22H18N4O3S2. The molecule has 0 aliphatic rings. The van der Waals surface area contributed by atoms with E-state index in [-0.39, 0.29) is 17.4 Å². The van der Waals surface area contributed by atoms with E-state index in [9.17, 15) is 9.59 Å². The number of benzene rings is 2. The number of aromatic nitrogens is 3. The van der Waals surface area contributed by atoms with Crippen LogP contribution in [0.4, 0.5) is 5.69 Å². The van der Waals surface area contributed by atoms with E-state index in [1.54, 1.807) is 59.9 Å². The Morgan fingerprint density at radius 3 is 2.52 bits per heavy atom. The smallest absolute Gasteiger partial charge is 0.277 e. The van der Waals surface area contributed by atoms with Gasteiger partial charge < -0.3 is 9.73 Å². The van der Waals surface area contributed by atoms with E-state index < -0.39 is 0 Å². The zero-order valence-electron chi connectivity index (χ0n) is 16.6. The second-order valence-electron chi connectivity index (χ2n) is 6.61. The maximum absolute atomic E-state index is 12.5. The minimum absolute atomic E-state index is 0.0687. The Morgan fingerprint density at radius 1 is 1.03 bits per heavy atom. The first kappa shape index (κ1) is 21.0. The molecule has 2 heterocycles. The van der Waals surface area contributed by atoms with Crippen LogP contribution < -0.4 is 5.32 Å². The Hall–Kier alpha value is -3.30. The van der Waals surface area contributed by atoms with Crippen molar-refractivity contribution in [3.05, 3.63) is 87.7 Å². The van der Waals surface area contributed by atoms with Crippen molar-refractivity contribution >= 4 is 40.5 Å². The molecule has 0 bridgehead atoms. The van der Waals surface area contributed by atoms with Crippen molar-refractivity contribution in [1.82, 2.24) is 15.2 Å². The molecule has 0 radical (unpaired) electrons. The van der Waals surface area contributed by atoms with Gasteiger partial charge in [0.15, 0.2) is 5.78 Å². The second kappa shape index (κ2) is 9.67. The third-order valence-corrected chi connectivity index (χ3v) is 5.92. The number of nitrogens with one attached hydrogen (secondary N) is 1. The summed E-state index contributed by atoms with van der Waals surface area (Å²) in [5.41, 5.74) is 2.63. The van der Waals surface area contributed by atoms with E-state index in [0.717, 1.165) is 10.7 Å². The largest absolute Gasteiger partial charge is 0.416 e. The number of Topliss-reactive ketones (excluding diaryl/α,β-unsaturated/α-hetero) is 1. The number of hydrogen-bond acceptors (Lipinski definition) is 8. The van der Waals surface area contributed by atoms with Gasteiger partial charge in [0.2, 0.25) is 5.89 Å². The number of thioether (sulfide) groups is 1. The van der Waals surface area contributed by atoms with Crippen molar-refractivity contribution in [2.24, 2.45) is 0 Å². The molecule has 0 aliphatic heterocycles. The van der Waals surface area contributed by atoms with Crippen LogP contribution in [-0.4, -0.2) is 32.6 Å². The number of ketones is 1. The van der Waals surface area contributed by atoms with Gasteiger partial charge in [-0.2, -0.15) is 0 Å². The lowest BCUT2D eigenvalue weighted by Gasteiger charge is -2.06. The van der Waals surface area contributed by atoms with E-state index in [1.165, 1.54) is 11.8 Å². The maximum Gasteiger partial charge on any atom is 0.277 e. The van der Waals surface area contributed by atoms with Gasteiger partial charge in [-0.05, 0) is 43.3 Å². The fourth-order valence-corrected chi connectivity index (χ4v) is 4.04. The molecule has 2 aromatic heterocycles. The summed E-state index contributed by atoms with van der Waals surface area (Å²) in [6.07, 6.45) is 0.474. The van der Waals surface area contributed by atoms with Gasteiger partial charge in [-0.15, -0.1) is 21.5 Å². The lowest BCUT2D eigenvalue weighted by molar-refractivity contribution is 0.101. The average Bonchev–Trinajstić information content (AvgIpc) is 3.41. The summed E-state index contributed by atoms with van der Waals surface area (Å²) in [6, 6.07) is 15.7. The number of aryl methyl sites for hydroxylation is 1. The molecule has 0 fully saturated rings. The monoisotopic (exact) mass is 450 g/mol. The highest BCUT2D eigenvalue weighted by atomic mass is 32.2. The molecule has 4 rings (SSSR count). The topological polar surface area (TPSA) is 98.0 Å². The van der Waals surface area contributed by atoms with Crippen LogP contribution in [0.1, 0.15) is 37.3 Å². The molecule has 2 aromatic carbocycles. The van der Waals surface area contributed by atoms with Gasteiger partial charge in [-0.25, -0.2) is 4.98 Å². The van der Waals surface area contributed by atoms with Crippen LogP contribution >= 0.6 is 23.1 Å². The summed E-state index contributed by atoms with van der Waals surface area (Å²) in [4.78, 5) is 29.0. The zero-order valence-corrected chi connectivity index (χ0v) is 18.2. The summed E-state index contributed by atoms with van der Waals surface area (Å²) in [6.45, 7) is 1.94. The van der Waals surface area contributed by atoms with Crippen LogP contribution in [0.15, 0.2) is 69.6 Å². The third-order valence-electron chi connectivity index (χ3n) is 4.27. The lowest BCUT2D eigenvalue weighted by Crippen LogP contribution is -2.11. The van der Waals surface area contributed by atoms with Crippen molar-refractivity contribution in [2.45, 2.75) is 18.6 Å². The molecule has 4 aromatic rings. The van der Waals surface area contributed by atoms with Crippen LogP contribution in [0.3, 0.4) is 0 Å². The molecule has 0 aliphatic carbocycles. The Morgan fingerprint density at radius 2 is 1.81 bits per heavy atom. The van der Waals surface area contributed by atoms with Crippen molar-refractivity contribution in [2.75, 3.05) is 11.1 Å². The number of carbonyl (C=O) groups is 2. The summed E-state index contributed by atoms with van der Waals surface area (Å²) >= 11 is 2.77. The fourth-order valence-electron chi connectivity index (χ4n) is 2.76. The van der Waals surface area contributed by atoms with Crippen molar-refractivity contribution in [3.8, 4) is 0 Å². The van der Waals surface area contributed by atoms with Gasteiger partial charge in [-0.1, -0.05) is 30.0 Å². The highest BCUT2D eigenvalue weighted by Crippen LogP contribution is 2.20. The molecule has 0 spiro atoms. The lowest BCUT2D eigenvalue weighted by atomic mass is 10.1. The number of anilines is 1. The van der Waals surface area contributed by atoms with Crippen LogP contribution in [0.2, 0.25) is 0 Å². The quantitative estimate of drug-likeness (QED) is 0.308. The highest BCUT2D eigenvalue weighted by molar-refractivity contribution is 7.99. The molecule has 31 heavy (non-hydrogen) atoms. The minimum atomic E-state index is -0.199. The van der Waals surface area contributed by atoms with Gasteiger partial charge >= 0.3 is 0 Å². The van der Waals surface area contributed by atoms with Crippen LogP contribution in [0.25, 0.3) is 0 Å². The van der Waals surface area contributed by atoms with Crippen LogP contribution in [0.5, 0.6) is 0 Å². The predicted molar refractivity (Wildman–Crippen MR) is 120 cm³/mol. The molecule has 0 unspecified atom stereocenters. The average molecular weight is 451 g/mol. The van der Waals surface area contributed by atoms with E-state index in [2.05, 4.69) is 20.5 Å². The number of nitrogens with zero attached hydrogens (tertiary/aromatic N) is 3. The Balaban J connectivity index is 1.29. The highest BCUT2D eigenvalue weighted by Gasteiger charge is 2.13. The predicted octanol–water partition coefficient (Wildman–Crippen LogP) is 4.65. The fraction of sp³-hybridized carbons (Fsp3) is 0.136. The van der Waals surface area contributed by atoms with Gasteiger partial charge in [0.05, 0.1) is 22.9 Å². The summed E-state index contributed by atoms with van der Waals surface area (Å²) in [7, 11) is 0. The Bertz CT molecular complexity index is 1190. The Labute approximate surface area is 186 Å². The second-order valence-corrected chi connectivity index (χ2v) is 8.59. The molecule has 0 atom stereocenters. The van der Waals surface area contributed by atoms with Crippen LogP contribution in [0, 0.1) is 6.92 Å². The van der Waals surface area contributed by atoms with E-state index in [0.29, 0.717) is 34.3 Å². The molecule has 0 saturated carbocycles. The number of hydrogen-bond donors (Lipinski definition) is 1. The van der Waals surface area contributed by atoms with Crippen molar-refractivity contribution in [1.29, 1.82) is 0 Å². The molecular weight excluding hydrogens is 432 g/mol. The molecule has 0 saturated heterocycles. The van der Waals surface area contributed by atoms with Gasteiger partial charge in [-0.3, -0.25) is 9.59 Å². The molecule has 7 nitrogen and oxygen atoms in total. The molecule has 1 amide bonds. The first-order chi connectivity index (χ1) is 15.1. The maximum atomic E-state index is 12.5. The number of amides is 1. The molecule has 1 N–H and O–H groups in total. The number of carbonyl (C=O) groups excluding carboxylic acids is 2. The number of thiazole rings is 1. The summed E-state index contributed by atoms with van der Waals surface area (Å²) in [5, 5.41) is 14.1. The van der Waals surface area contributed by atoms with Crippen LogP contribution in [-0.2, 0) is 6.42 Å². The van der Waals surface area contributed by atoms with Gasteiger partial charge in [0.1, 0.15) is 0 Å². The number of rotatable bonds is 8. The van der Waals surface area contributed by atoms with E-state index in [1.807, 2.05) is 18.4 Å². The summed E-state index contributed by atoms with van der Waals surface area (Å²) < 4.78 is 5.59. The van der Waals surface area contributed by atoms with Gasteiger partial charge in [0.25, 0.3) is 11.1 Å². The summed E-state index contributed by atoms with van der Waals surface area (Å²) in [5.74, 6) is 0.377. The zero-order chi connectivity index (χ0) is 21.6. The standard InChI is InChI=1S/C22H18N4O3S2/c1-14-23-18(12-30-14)11-20-25-26-22(29-20)31-13-19(27)15-7-9-17(10-8-15)24-21(28)16-5-3-2-4-6-16/h2-10,12H,11,13H2,1H3,(H,24,28). The first-order valence-electron chi connectivity index (χ1n) is 9.42.